The molecule has 0 saturated carbocycles. The van der Waals surface area contributed by atoms with Crippen LogP contribution in [0.15, 0.2) is 28.7 Å². The van der Waals surface area contributed by atoms with Gasteiger partial charge in [0.1, 0.15) is 0 Å². The molecule has 0 bridgehead atoms. The lowest BCUT2D eigenvalue weighted by atomic mass is 9.85. The molecular weight excluding hydrogens is 326 g/mol. The van der Waals surface area contributed by atoms with Crippen molar-refractivity contribution in [1.29, 1.82) is 0 Å². The Morgan fingerprint density at radius 2 is 2.11 bits per heavy atom. The fourth-order valence-electron chi connectivity index (χ4n) is 1.91. The number of hydrogen-bond donors (Lipinski definition) is 1. The second-order valence-electron chi connectivity index (χ2n) is 5.77. The van der Waals surface area contributed by atoms with E-state index >= 15 is 0 Å². The van der Waals surface area contributed by atoms with Gasteiger partial charge in [-0.25, -0.2) is 0 Å². The summed E-state index contributed by atoms with van der Waals surface area (Å²) in [6, 6.07) is 7.91. The van der Waals surface area contributed by atoms with Crippen molar-refractivity contribution < 1.29 is 4.79 Å². The molecule has 0 radical (unpaired) electrons. The third-order valence-electron chi connectivity index (χ3n) is 3.03. The molecule has 1 rings (SSSR count). The normalized spacial score (nSPS) is 13.1. The number of alkyl halides is 1. The van der Waals surface area contributed by atoms with Crippen molar-refractivity contribution in [3.63, 3.8) is 0 Å². The summed E-state index contributed by atoms with van der Waals surface area (Å²) in [6.07, 6.45) is 1.18. The lowest BCUT2D eigenvalue weighted by Crippen LogP contribution is -2.44. The van der Waals surface area contributed by atoms with E-state index in [9.17, 15) is 4.79 Å². The first-order chi connectivity index (χ1) is 8.82. The number of nitrogens with one attached hydrogen (secondary N) is 1. The highest BCUT2D eigenvalue weighted by molar-refractivity contribution is 9.10. The van der Waals surface area contributed by atoms with Gasteiger partial charge in [-0.05, 0) is 29.5 Å². The third-order valence-corrected chi connectivity index (χ3v) is 3.74. The first-order valence-electron chi connectivity index (χ1n) is 6.42. The van der Waals surface area contributed by atoms with Crippen LogP contribution in [0.25, 0.3) is 0 Å². The maximum absolute atomic E-state index is 12.1. The minimum Gasteiger partial charge on any atom is -0.353 e. The number of hydrogen-bond acceptors (Lipinski definition) is 1. The number of carbonyl (C=O) groups excluding carboxylic acids is 1. The van der Waals surface area contributed by atoms with Gasteiger partial charge in [-0.2, -0.15) is 0 Å². The average molecular weight is 347 g/mol. The van der Waals surface area contributed by atoms with E-state index < -0.39 is 0 Å². The zero-order chi connectivity index (χ0) is 14.5. The van der Waals surface area contributed by atoms with Crippen molar-refractivity contribution in [3.05, 3.63) is 34.3 Å². The summed E-state index contributed by atoms with van der Waals surface area (Å²) < 4.78 is 0.992. The molecule has 1 amide bonds. The van der Waals surface area contributed by atoms with E-state index in [0.29, 0.717) is 12.3 Å². The van der Waals surface area contributed by atoms with Gasteiger partial charge in [-0.1, -0.05) is 48.8 Å². The monoisotopic (exact) mass is 345 g/mol. The van der Waals surface area contributed by atoms with Crippen LogP contribution in [-0.2, 0) is 11.2 Å². The van der Waals surface area contributed by atoms with Gasteiger partial charge in [0.25, 0.3) is 0 Å². The molecule has 106 valence electrons. The summed E-state index contributed by atoms with van der Waals surface area (Å²) in [5.41, 5.74) is 1.02. The molecule has 1 atom stereocenters. The molecule has 1 N–H and O–H groups in total. The van der Waals surface area contributed by atoms with Gasteiger partial charge >= 0.3 is 0 Å². The van der Waals surface area contributed by atoms with Crippen LogP contribution < -0.4 is 5.32 Å². The number of rotatable bonds is 5. The molecule has 1 aromatic rings. The molecule has 1 unspecified atom stereocenters. The van der Waals surface area contributed by atoms with Gasteiger partial charge in [0.2, 0.25) is 5.91 Å². The topological polar surface area (TPSA) is 29.1 Å². The van der Waals surface area contributed by atoms with Crippen molar-refractivity contribution >= 4 is 33.4 Å². The lowest BCUT2D eigenvalue weighted by molar-refractivity contribution is -0.121. The standard InChI is InChI=1S/C15H21BrClNO/c1-15(2,3)13(7-8-17)18-14(19)10-11-5-4-6-12(16)9-11/h4-6,9,13H,7-8,10H2,1-3H3,(H,18,19). The van der Waals surface area contributed by atoms with Crippen LogP contribution in [0.3, 0.4) is 0 Å². The van der Waals surface area contributed by atoms with E-state index in [4.69, 9.17) is 11.6 Å². The first kappa shape index (κ1) is 16.5. The predicted molar refractivity (Wildman–Crippen MR) is 84.6 cm³/mol. The summed E-state index contributed by atoms with van der Waals surface area (Å²) in [5.74, 6) is 0.599. The molecule has 0 fully saturated rings. The molecule has 0 aromatic heterocycles. The zero-order valence-corrected chi connectivity index (χ0v) is 14.0. The van der Waals surface area contributed by atoms with Crippen LogP contribution in [0.2, 0.25) is 0 Å². The van der Waals surface area contributed by atoms with Crippen LogP contribution in [0.5, 0.6) is 0 Å². The quantitative estimate of drug-likeness (QED) is 0.797. The Morgan fingerprint density at radius 1 is 1.42 bits per heavy atom. The SMILES string of the molecule is CC(C)(C)C(CCCl)NC(=O)Cc1cccc(Br)c1. The Hall–Kier alpha value is -0.540. The summed E-state index contributed by atoms with van der Waals surface area (Å²) in [6.45, 7) is 6.34. The Balaban J connectivity index is 2.63. The zero-order valence-electron chi connectivity index (χ0n) is 11.7. The van der Waals surface area contributed by atoms with E-state index in [1.165, 1.54) is 0 Å². The Labute approximate surface area is 129 Å². The van der Waals surface area contributed by atoms with E-state index in [-0.39, 0.29) is 17.4 Å². The summed E-state index contributed by atoms with van der Waals surface area (Å²) in [5, 5.41) is 3.09. The molecule has 0 aliphatic rings. The van der Waals surface area contributed by atoms with Gasteiger partial charge < -0.3 is 5.32 Å². The van der Waals surface area contributed by atoms with Gasteiger partial charge in [-0.3, -0.25) is 4.79 Å². The molecular formula is C15H21BrClNO. The van der Waals surface area contributed by atoms with E-state index in [0.717, 1.165) is 16.5 Å². The highest BCUT2D eigenvalue weighted by Crippen LogP contribution is 2.22. The van der Waals surface area contributed by atoms with Gasteiger partial charge in [0, 0.05) is 16.4 Å². The Bertz CT molecular complexity index is 428. The van der Waals surface area contributed by atoms with Crippen LogP contribution in [0.1, 0.15) is 32.8 Å². The van der Waals surface area contributed by atoms with Crippen LogP contribution >= 0.6 is 27.5 Å². The number of halogens is 2. The maximum atomic E-state index is 12.1. The van der Waals surface area contributed by atoms with Gasteiger partial charge in [0.05, 0.1) is 6.42 Å². The van der Waals surface area contributed by atoms with Crippen molar-refractivity contribution in [2.45, 2.75) is 39.7 Å². The van der Waals surface area contributed by atoms with Crippen LogP contribution in [-0.4, -0.2) is 17.8 Å². The minimum absolute atomic E-state index is 0.0157. The lowest BCUT2D eigenvalue weighted by Gasteiger charge is -2.31. The minimum atomic E-state index is 0.0157. The second kappa shape index (κ2) is 7.30. The maximum Gasteiger partial charge on any atom is 0.224 e. The molecule has 0 spiro atoms. The van der Waals surface area contributed by atoms with Crippen molar-refractivity contribution in [3.8, 4) is 0 Å². The molecule has 0 aliphatic heterocycles. The average Bonchev–Trinajstić information content (AvgIpc) is 2.27. The number of benzene rings is 1. The third kappa shape index (κ3) is 5.96. The molecule has 0 saturated heterocycles. The fraction of sp³-hybridized carbons (Fsp3) is 0.533. The van der Waals surface area contributed by atoms with Crippen LogP contribution in [0.4, 0.5) is 0 Å². The highest BCUT2D eigenvalue weighted by Gasteiger charge is 2.25. The number of amides is 1. The van der Waals surface area contributed by atoms with E-state index in [1.54, 1.807) is 0 Å². The second-order valence-corrected chi connectivity index (χ2v) is 7.06. The Kier molecular flexibility index (Phi) is 6.34. The van der Waals surface area contributed by atoms with Gasteiger partial charge in [-0.15, -0.1) is 11.6 Å². The summed E-state index contributed by atoms with van der Waals surface area (Å²) in [7, 11) is 0. The van der Waals surface area contributed by atoms with Gasteiger partial charge in [0.15, 0.2) is 0 Å². The predicted octanol–water partition coefficient (Wildman–Crippen LogP) is 4.15. The van der Waals surface area contributed by atoms with Crippen LogP contribution in [0, 0.1) is 5.41 Å². The molecule has 19 heavy (non-hydrogen) atoms. The van der Waals surface area contributed by atoms with E-state index in [2.05, 4.69) is 42.0 Å². The van der Waals surface area contributed by atoms with E-state index in [1.807, 2.05) is 24.3 Å². The molecule has 1 aromatic carbocycles. The Morgan fingerprint density at radius 3 is 2.63 bits per heavy atom. The molecule has 2 nitrogen and oxygen atoms in total. The molecule has 4 heteroatoms. The molecule has 0 aliphatic carbocycles. The van der Waals surface area contributed by atoms with Crippen molar-refractivity contribution in [1.82, 2.24) is 5.32 Å². The first-order valence-corrected chi connectivity index (χ1v) is 7.75. The fourth-order valence-corrected chi connectivity index (χ4v) is 2.57. The largest absolute Gasteiger partial charge is 0.353 e. The smallest absolute Gasteiger partial charge is 0.224 e. The molecule has 0 heterocycles. The summed E-state index contributed by atoms with van der Waals surface area (Å²) in [4.78, 5) is 12.1. The summed E-state index contributed by atoms with van der Waals surface area (Å²) >= 11 is 9.22. The number of carbonyl (C=O) groups is 1. The van der Waals surface area contributed by atoms with Crippen molar-refractivity contribution in [2.75, 3.05) is 5.88 Å². The highest BCUT2D eigenvalue weighted by atomic mass is 79.9. The van der Waals surface area contributed by atoms with Crippen molar-refractivity contribution in [2.24, 2.45) is 5.41 Å².